The number of nitriles is 2. The Kier molecular flexibility index (Phi) is 0.341. The summed E-state index contributed by atoms with van der Waals surface area (Å²) in [6.45, 7) is 0. The average molecular weight is 154 g/mol. The van der Waals surface area contributed by atoms with Crippen molar-refractivity contribution < 1.29 is 0 Å². The van der Waals surface area contributed by atoms with Gasteiger partial charge in [0.2, 0.25) is 0 Å². The van der Waals surface area contributed by atoms with E-state index in [-0.39, 0.29) is 10.8 Å². The molecule has 0 saturated heterocycles. The first-order valence-corrected chi connectivity index (χ1v) is 4.68. The lowest BCUT2D eigenvalue weighted by molar-refractivity contribution is -0.625. The van der Waals surface area contributed by atoms with E-state index in [2.05, 4.69) is 12.1 Å². The molecule has 12 heavy (non-hydrogen) atoms. The predicted molar refractivity (Wildman–Crippen MR) is 37.0 cm³/mol. The SMILES string of the molecule is N#C[C@]12C3[C@@H]4C1[C@H]1[C@H]2[C@H]3[C@]41C#N. The maximum Gasteiger partial charge on any atom is 0.0699 e. The Bertz CT molecular complexity index is 340. The maximum atomic E-state index is 9.04. The molecule has 0 atom stereocenters. The van der Waals surface area contributed by atoms with Crippen LogP contribution in [0.2, 0.25) is 0 Å². The van der Waals surface area contributed by atoms with Gasteiger partial charge in [-0.1, -0.05) is 0 Å². The van der Waals surface area contributed by atoms with E-state index in [1.165, 1.54) is 0 Å². The van der Waals surface area contributed by atoms with Gasteiger partial charge in [-0.25, -0.2) is 0 Å². The van der Waals surface area contributed by atoms with Crippen LogP contribution < -0.4 is 0 Å². The van der Waals surface area contributed by atoms with Crippen LogP contribution in [0.1, 0.15) is 0 Å². The molecular formula is C10H6N2. The zero-order chi connectivity index (χ0) is 7.88. The lowest BCUT2D eigenvalue weighted by Gasteiger charge is -3.08. The minimum absolute atomic E-state index is 0.137. The molecule has 2 nitrogen and oxygen atoms in total. The van der Waals surface area contributed by atoms with E-state index >= 15 is 0 Å². The minimum atomic E-state index is 0.137. The summed E-state index contributed by atoms with van der Waals surface area (Å²) in [5, 5.41) is 18.1. The number of rotatable bonds is 0. The van der Waals surface area contributed by atoms with Crippen molar-refractivity contribution in [2.45, 2.75) is 0 Å². The van der Waals surface area contributed by atoms with E-state index in [9.17, 15) is 0 Å². The standard InChI is InChI=1S/C10H6N2/c11-1-9-3-6-4(9)8-5(9)7(3)10(6,8)2-12/h3-8H/t3-,4-,5-,6-,7?,8?,9+,10+/m1/s1. The first kappa shape index (κ1) is 4.87. The monoisotopic (exact) mass is 154 g/mol. The summed E-state index contributed by atoms with van der Waals surface area (Å²) in [6.07, 6.45) is 0. The highest BCUT2D eigenvalue weighted by Gasteiger charge is 3.11. The van der Waals surface area contributed by atoms with Gasteiger partial charge in [0.25, 0.3) is 0 Å². The molecule has 0 aromatic carbocycles. The second-order valence-corrected chi connectivity index (χ2v) is 5.24. The second kappa shape index (κ2) is 0.839. The van der Waals surface area contributed by atoms with Crippen LogP contribution in [0.15, 0.2) is 0 Å². The normalized spacial score (nSPS) is 86.8. The Balaban J connectivity index is 1.78. The van der Waals surface area contributed by atoms with E-state index in [1.54, 1.807) is 0 Å². The van der Waals surface area contributed by atoms with E-state index < -0.39 is 0 Å². The molecule has 0 heterocycles. The van der Waals surface area contributed by atoms with Crippen LogP contribution in [0.5, 0.6) is 0 Å². The smallest absolute Gasteiger partial charge is 0.0699 e. The fraction of sp³-hybridized carbons (Fsp3) is 0.800. The summed E-state index contributed by atoms with van der Waals surface area (Å²) in [5.74, 6) is 4.10. The maximum absolute atomic E-state index is 9.04. The van der Waals surface area contributed by atoms with Gasteiger partial charge in [0.15, 0.2) is 0 Å². The van der Waals surface area contributed by atoms with E-state index in [1.807, 2.05) is 0 Å². The van der Waals surface area contributed by atoms with Gasteiger partial charge in [-0.3, -0.25) is 0 Å². The first-order valence-electron chi connectivity index (χ1n) is 4.68. The van der Waals surface area contributed by atoms with E-state index in [0.29, 0.717) is 35.5 Å². The molecular weight excluding hydrogens is 148 g/mol. The van der Waals surface area contributed by atoms with Crippen molar-refractivity contribution in [2.24, 2.45) is 46.3 Å². The Labute approximate surface area is 69.8 Å². The molecule has 0 aromatic heterocycles. The number of hydrogen-bond donors (Lipinski definition) is 0. The van der Waals surface area contributed by atoms with Crippen LogP contribution in [0, 0.1) is 69.0 Å². The summed E-state index contributed by atoms with van der Waals surface area (Å²) in [6, 6.07) is 5.05. The molecule has 6 saturated carbocycles. The summed E-state index contributed by atoms with van der Waals surface area (Å²) in [5.41, 5.74) is 0.275. The third-order valence-corrected chi connectivity index (χ3v) is 6.02. The van der Waals surface area contributed by atoms with Crippen LogP contribution in [0.3, 0.4) is 0 Å². The summed E-state index contributed by atoms with van der Waals surface area (Å²) in [4.78, 5) is 0. The Morgan fingerprint density at radius 1 is 0.667 bits per heavy atom. The van der Waals surface area contributed by atoms with Crippen molar-refractivity contribution in [1.82, 2.24) is 0 Å². The van der Waals surface area contributed by atoms with Gasteiger partial charge in [0, 0.05) is 0 Å². The van der Waals surface area contributed by atoms with Gasteiger partial charge in [-0.05, 0) is 35.5 Å². The Morgan fingerprint density at radius 3 is 1.08 bits per heavy atom. The van der Waals surface area contributed by atoms with Crippen molar-refractivity contribution in [3.63, 3.8) is 0 Å². The highest BCUT2D eigenvalue weighted by Crippen LogP contribution is 3.09. The van der Waals surface area contributed by atoms with Gasteiger partial charge < -0.3 is 0 Å². The molecule has 0 aromatic rings. The molecule has 0 bridgehead atoms. The molecule has 6 aliphatic rings. The fourth-order valence-corrected chi connectivity index (χ4v) is 5.97. The zero-order valence-corrected chi connectivity index (χ0v) is 6.36. The quantitative estimate of drug-likeness (QED) is 0.517. The van der Waals surface area contributed by atoms with Crippen molar-refractivity contribution in [3.8, 4) is 12.1 Å². The van der Waals surface area contributed by atoms with Crippen molar-refractivity contribution in [1.29, 1.82) is 10.5 Å². The zero-order valence-electron chi connectivity index (χ0n) is 6.36. The van der Waals surface area contributed by atoms with Gasteiger partial charge in [-0.2, -0.15) is 10.5 Å². The summed E-state index contributed by atoms with van der Waals surface area (Å²) in [7, 11) is 0. The minimum Gasteiger partial charge on any atom is -0.198 e. The molecule has 6 rings (SSSR count). The molecule has 2 heteroatoms. The van der Waals surface area contributed by atoms with Crippen molar-refractivity contribution >= 4 is 0 Å². The Hall–Kier alpha value is -1.02. The van der Waals surface area contributed by atoms with Crippen LogP contribution >= 0.6 is 0 Å². The summed E-state index contributed by atoms with van der Waals surface area (Å²) >= 11 is 0. The van der Waals surface area contributed by atoms with Crippen LogP contribution in [-0.2, 0) is 0 Å². The van der Waals surface area contributed by atoms with Crippen LogP contribution in [-0.4, -0.2) is 0 Å². The lowest BCUT2D eigenvalue weighted by atomic mass is 8.93. The number of nitrogens with zero attached hydrogens (tertiary/aromatic N) is 2. The fourth-order valence-electron chi connectivity index (χ4n) is 5.97. The first-order chi connectivity index (χ1) is 5.85. The van der Waals surface area contributed by atoms with E-state index in [0.717, 1.165) is 0 Å². The highest BCUT2D eigenvalue weighted by molar-refractivity contribution is 5.61. The van der Waals surface area contributed by atoms with Gasteiger partial charge in [-0.15, -0.1) is 0 Å². The van der Waals surface area contributed by atoms with Crippen LogP contribution in [0.4, 0.5) is 0 Å². The highest BCUT2D eigenvalue weighted by atomic mass is 15.1. The molecule has 6 aliphatic carbocycles. The average Bonchev–Trinajstić information content (AvgIpc) is 2.17. The summed E-state index contributed by atoms with van der Waals surface area (Å²) < 4.78 is 0. The molecule has 0 aliphatic heterocycles. The topological polar surface area (TPSA) is 47.6 Å². The van der Waals surface area contributed by atoms with Crippen molar-refractivity contribution in [3.05, 3.63) is 0 Å². The molecule has 0 radical (unpaired) electrons. The second-order valence-electron chi connectivity index (χ2n) is 5.24. The van der Waals surface area contributed by atoms with Crippen LogP contribution in [0.25, 0.3) is 0 Å². The molecule has 6 fully saturated rings. The third-order valence-electron chi connectivity index (χ3n) is 6.02. The molecule has 0 spiro atoms. The molecule has 0 N–H and O–H groups in total. The molecule has 56 valence electrons. The third kappa shape index (κ3) is 0.135. The number of hydrogen-bond acceptors (Lipinski definition) is 2. The molecule has 0 unspecified atom stereocenters. The Morgan fingerprint density at radius 2 is 0.917 bits per heavy atom. The predicted octanol–water partition coefficient (Wildman–Crippen LogP) is 0.772. The van der Waals surface area contributed by atoms with Crippen molar-refractivity contribution in [2.75, 3.05) is 0 Å². The van der Waals surface area contributed by atoms with Gasteiger partial charge in [0.1, 0.15) is 0 Å². The largest absolute Gasteiger partial charge is 0.198 e. The lowest BCUT2D eigenvalue weighted by Crippen LogP contribution is -3.09. The van der Waals surface area contributed by atoms with Gasteiger partial charge >= 0.3 is 0 Å². The molecule has 0 amide bonds. The van der Waals surface area contributed by atoms with Gasteiger partial charge in [0.05, 0.1) is 23.0 Å². The van der Waals surface area contributed by atoms with E-state index in [4.69, 9.17) is 10.5 Å².